The predicted octanol–water partition coefficient (Wildman–Crippen LogP) is 16.0. The minimum absolute atomic E-state index is 0.0753. The largest absolute Gasteiger partial charge is 0.465 e. The molecule has 0 rings (SSSR count). The lowest BCUT2D eigenvalue weighted by atomic mass is 9.94. The van der Waals surface area contributed by atoms with E-state index in [2.05, 4.69) is 46.4 Å². The SMILES string of the molecule is CCCCCCCCC(CCCCCC)C(=O)OCCCCCCN(CCCCCCOC(=O)C(CCCCCC)CCCCCCCC)CCCCC(C)C. The average molecular weight is 792 g/mol. The number of hydrogen-bond donors (Lipinski definition) is 0. The molecule has 2 atom stereocenters. The molecular weight excluding hydrogens is 691 g/mol. The van der Waals surface area contributed by atoms with E-state index in [1.165, 1.54) is 180 Å². The molecule has 5 heteroatoms. The fourth-order valence-corrected chi connectivity index (χ4v) is 8.12. The van der Waals surface area contributed by atoms with Crippen LogP contribution in [0.4, 0.5) is 0 Å². The zero-order chi connectivity index (χ0) is 41.2. The molecule has 0 heterocycles. The number of hydrogen-bond acceptors (Lipinski definition) is 5. The third kappa shape index (κ3) is 37.2. The second kappa shape index (κ2) is 43.5. The van der Waals surface area contributed by atoms with Gasteiger partial charge >= 0.3 is 11.9 Å². The summed E-state index contributed by atoms with van der Waals surface area (Å²) in [6, 6.07) is 0. The zero-order valence-corrected chi connectivity index (χ0v) is 39.1. The van der Waals surface area contributed by atoms with Gasteiger partial charge in [0.05, 0.1) is 25.0 Å². The molecule has 0 N–H and O–H groups in total. The summed E-state index contributed by atoms with van der Waals surface area (Å²) < 4.78 is 11.7. The van der Waals surface area contributed by atoms with Crippen molar-refractivity contribution in [2.24, 2.45) is 17.8 Å². The van der Waals surface area contributed by atoms with Crippen LogP contribution in [0.15, 0.2) is 0 Å². The van der Waals surface area contributed by atoms with E-state index in [0.29, 0.717) is 13.2 Å². The van der Waals surface area contributed by atoms with Gasteiger partial charge in [0, 0.05) is 0 Å². The first-order valence-corrected chi connectivity index (χ1v) is 25.4. The number of carbonyl (C=O) groups is 2. The van der Waals surface area contributed by atoms with Crippen molar-refractivity contribution < 1.29 is 19.1 Å². The predicted molar refractivity (Wildman–Crippen MR) is 244 cm³/mol. The molecule has 0 saturated heterocycles. The maximum Gasteiger partial charge on any atom is 0.308 e. The van der Waals surface area contributed by atoms with Crippen molar-refractivity contribution in [2.75, 3.05) is 32.8 Å². The van der Waals surface area contributed by atoms with E-state index in [1.807, 2.05) is 0 Å². The molecule has 0 saturated carbocycles. The van der Waals surface area contributed by atoms with Crippen molar-refractivity contribution in [1.29, 1.82) is 0 Å². The Morgan fingerprint density at radius 2 is 0.625 bits per heavy atom. The van der Waals surface area contributed by atoms with Crippen LogP contribution >= 0.6 is 0 Å². The Balaban J connectivity index is 4.49. The minimum Gasteiger partial charge on any atom is -0.465 e. The molecule has 0 aromatic heterocycles. The van der Waals surface area contributed by atoms with Crippen LogP contribution in [-0.4, -0.2) is 49.7 Å². The van der Waals surface area contributed by atoms with E-state index >= 15 is 0 Å². The summed E-state index contributed by atoms with van der Waals surface area (Å²) in [6.07, 6.45) is 42.3. The van der Waals surface area contributed by atoms with E-state index in [4.69, 9.17) is 9.47 Å². The van der Waals surface area contributed by atoms with Crippen LogP contribution in [0.25, 0.3) is 0 Å². The first-order chi connectivity index (χ1) is 27.4. The van der Waals surface area contributed by atoms with E-state index < -0.39 is 0 Å². The van der Waals surface area contributed by atoms with Gasteiger partial charge in [-0.2, -0.15) is 0 Å². The Hall–Kier alpha value is -1.10. The normalized spacial score (nSPS) is 12.8. The Bertz CT molecular complexity index is 758. The number of carbonyl (C=O) groups excluding carboxylic acids is 2. The molecule has 0 aliphatic heterocycles. The van der Waals surface area contributed by atoms with Crippen LogP contribution in [0.2, 0.25) is 0 Å². The summed E-state index contributed by atoms with van der Waals surface area (Å²) in [5.74, 6) is 1.15. The summed E-state index contributed by atoms with van der Waals surface area (Å²) in [5, 5.41) is 0. The average Bonchev–Trinajstić information content (AvgIpc) is 3.19. The van der Waals surface area contributed by atoms with Crippen LogP contribution in [0.3, 0.4) is 0 Å². The number of unbranched alkanes of at least 4 members (excludes halogenated alkanes) is 23. The van der Waals surface area contributed by atoms with Crippen LogP contribution in [-0.2, 0) is 19.1 Å². The van der Waals surface area contributed by atoms with Gasteiger partial charge in [0.25, 0.3) is 0 Å². The van der Waals surface area contributed by atoms with E-state index in [9.17, 15) is 9.59 Å². The number of nitrogens with zero attached hydrogens (tertiary/aromatic N) is 1. The van der Waals surface area contributed by atoms with Crippen LogP contribution in [0, 0.1) is 17.8 Å². The molecule has 0 bridgehead atoms. The maximum absolute atomic E-state index is 13.0. The third-order valence-corrected chi connectivity index (χ3v) is 12.0. The van der Waals surface area contributed by atoms with Gasteiger partial charge in [-0.25, -0.2) is 0 Å². The Morgan fingerprint density at radius 3 is 0.982 bits per heavy atom. The smallest absolute Gasteiger partial charge is 0.308 e. The van der Waals surface area contributed by atoms with E-state index in [1.54, 1.807) is 0 Å². The first-order valence-electron chi connectivity index (χ1n) is 25.4. The molecule has 0 aliphatic carbocycles. The Labute approximate surface area is 351 Å². The second-order valence-corrected chi connectivity index (χ2v) is 18.1. The fourth-order valence-electron chi connectivity index (χ4n) is 8.12. The maximum atomic E-state index is 13.0. The van der Waals surface area contributed by atoms with Crippen molar-refractivity contribution >= 4 is 11.9 Å². The number of rotatable bonds is 45. The molecule has 0 aliphatic rings. The monoisotopic (exact) mass is 792 g/mol. The highest BCUT2D eigenvalue weighted by Gasteiger charge is 2.20. The van der Waals surface area contributed by atoms with Crippen molar-refractivity contribution in [2.45, 2.75) is 266 Å². The van der Waals surface area contributed by atoms with Gasteiger partial charge < -0.3 is 14.4 Å². The Morgan fingerprint density at radius 1 is 0.357 bits per heavy atom. The summed E-state index contributed by atoms with van der Waals surface area (Å²) in [5.41, 5.74) is 0. The lowest BCUT2D eigenvalue weighted by Crippen LogP contribution is -2.27. The van der Waals surface area contributed by atoms with E-state index in [0.717, 1.165) is 70.1 Å². The number of ether oxygens (including phenoxy) is 2. The summed E-state index contributed by atoms with van der Waals surface area (Å²) in [7, 11) is 0. The highest BCUT2D eigenvalue weighted by molar-refractivity contribution is 5.72. The second-order valence-electron chi connectivity index (χ2n) is 18.1. The zero-order valence-electron chi connectivity index (χ0n) is 39.1. The van der Waals surface area contributed by atoms with Crippen LogP contribution < -0.4 is 0 Å². The van der Waals surface area contributed by atoms with Crippen molar-refractivity contribution in [3.63, 3.8) is 0 Å². The molecule has 0 aromatic carbocycles. The molecular formula is C51H101NO4. The quantitative estimate of drug-likeness (QED) is 0.0454. The number of esters is 2. The molecule has 0 aromatic rings. The molecule has 0 amide bonds. The molecule has 5 nitrogen and oxygen atoms in total. The molecule has 0 fully saturated rings. The minimum atomic E-state index is 0.0753. The molecule has 0 radical (unpaired) electrons. The molecule has 334 valence electrons. The van der Waals surface area contributed by atoms with Crippen molar-refractivity contribution in [3.8, 4) is 0 Å². The summed E-state index contributed by atoms with van der Waals surface area (Å²) in [6.45, 7) is 18.4. The standard InChI is InChI=1S/C51H101NO4/c1-7-11-15-19-21-29-40-48(38-27-17-13-9-3)50(53)55-45-35-25-23-32-42-52(44-34-31-37-47(5)6)43-33-24-26-36-46-56-51(54)49(39-28-18-14-10-4)41-30-22-20-16-12-8-2/h47-49H,7-46H2,1-6H3. The van der Waals surface area contributed by atoms with Gasteiger partial charge in [-0.15, -0.1) is 0 Å². The van der Waals surface area contributed by atoms with Gasteiger partial charge in [0.15, 0.2) is 0 Å². The van der Waals surface area contributed by atoms with Crippen molar-refractivity contribution in [1.82, 2.24) is 4.90 Å². The van der Waals surface area contributed by atoms with Crippen molar-refractivity contribution in [3.05, 3.63) is 0 Å². The molecule has 0 spiro atoms. The summed E-state index contributed by atoms with van der Waals surface area (Å²) >= 11 is 0. The van der Waals surface area contributed by atoms with Crippen LogP contribution in [0.5, 0.6) is 0 Å². The topological polar surface area (TPSA) is 55.8 Å². The van der Waals surface area contributed by atoms with Gasteiger partial charge in [0.1, 0.15) is 0 Å². The van der Waals surface area contributed by atoms with Gasteiger partial charge in [-0.1, -0.05) is 208 Å². The molecule has 56 heavy (non-hydrogen) atoms. The fraction of sp³-hybridized carbons (Fsp3) is 0.961. The Kier molecular flexibility index (Phi) is 42.6. The lowest BCUT2D eigenvalue weighted by molar-refractivity contribution is -0.150. The lowest BCUT2D eigenvalue weighted by Gasteiger charge is -2.22. The highest BCUT2D eigenvalue weighted by atomic mass is 16.5. The third-order valence-electron chi connectivity index (χ3n) is 12.0. The van der Waals surface area contributed by atoms with Crippen LogP contribution in [0.1, 0.15) is 266 Å². The highest BCUT2D eigenvalue weighted by Crippen LogP contribution is 2.22. The molecule has 2 unspecified atom stereocenters. The summed E-state index contributed by atoms with van der Waals surface area (Å²) in [4.78, 5) is 28.8. The van der Waals surface area contributed by atoms with Gasteiger partial charge in [0.2, 0.25) is 0 Å². The van der Waals surface area contributed by atoms with Gasteiger partial charge in [-0.05, 0) is 83.3 Å². The van der Waals surface area contributed by atoms with Gasteiger partial charge in [-0.3, -0.25) is 9.59 Å². The first kappa shape index (κ1) is 54.9. The van der Waals surface area contributed by atoms with E-state index in [-0.39, 0.29) is 23.8 Å².